The summed E-state index contributed by atoms with van der Waals surface area (Å²) in [5.74, 6) is 0.298. The van der Waals surface area contributed by atoms with Gasteiger partial charge in [0.15, 0.2) is 0 Å². The average Bonchev–Trinajstić information content (AvgIpc) is 3.45. The molecule has 5 rings (SSSR count). The van der Waals surface area contributed by atoms with Crippen molar-refractivity contribution < 1.29 is 14.3 Å². The van der Waals surface area contributed by atoms with E-state index in [1.165, 1.54) is 0 Å². The van der Waals surface area contributed by atoms with Crippen molar-refractivity contribution in [3.8, 4) is 11.4 Å². The molecule has 200 valence electrons. The summed E-state index contributed by atoms with van der Waals surface area (Å²) in [6, 6.07) is 24.0. The van der Waals surface area contributed by atoms with Crippen LogP contribution in [0.3, 0.4) is 0 Å². The van der Waals surface area contributed by atoms with Crippen LogP contribution in [0.2, 0.25) is 10.0 Å². The van der Waals surface area contributed by atoms with Crippen LogP contribution < -0.4 is 9.64 Å². The van der Waals surface area contributed by atoms with Crippen LogP contribution in [-0.2, 0) is 4.79 Å². The minimum Gasteiger partial charge on any atom is -0.497 e. The zero-order valence-corrected chi connectivity index (χ0v) is 23.3. The largest absolute Gasteiger partial charge is 0.497 e. The molecule has 1 aromatic heterocycles. The molecule has 1 aliphatic rings. The first-order valence-electron chi connectivity index (χ1n) is 12.9. The van der Waals surface area contributed by atoms with Gasteiger partial charge >= 0.3 is 0 Å². The number of hydrogen-bond acceptors (Lipinski definition) is 3. The van der Waals surface area contributed by atoms with E-state index in [9.17, 15) is 9.59 Å². The number of nitrogens with zero attached hydrogens (tertiary/aromatic N) is 3. The van der Waals surface area contributed by atoms with Crippen LogP contribution in [0.5, 0.6) is 5.75 Å². The Labute approximate surface area is 238 Å². The molecule has 0 fully saturated rings. The third-order valence-electron chi connectivity index (χ3n) is 6.98. The molecule has 8 heteroatoms. The van der Waals surface area contributed by atoms with Crippen molar-refractivity contribution >= 4 is 40.7 Å². The van der Waals surface area contributed by atoms with E-state index in [1.807, 2.05) is 71.8 Å². The van der Waals surface area contributed by atoms with Gasteiger partial charge in [-0.15, -0.1) is 0 Å². The minimum atomic E-state index is -0.388. The van der Waals surface area contributed by atoms with Gasteiger partial charge in [-0.05, 0) is 66.6 Å². The number of methoxy groups -OCH3 is 1. The number of halogens is 2. The molecule has 0 aliphatic carbocycles. The number of anilines is 1. The SMILES string of the molecule is CCCCN(CC(=O)N1c2ccccc2-n2cccc2C1c1ccc(OC)cc1)C(=O)c1ccc(Cl)c(Cl)c1. The van der Waals surface area contributed by atoms with Gasteiger partial charge in [0.1, 0.15) is 18.3 Å². The molecule has 2 heterocycles. The first kappa shape index (κ1) is 26.9. The molecule has 3 aromatic carbocycles. The number of hydrogen-bond donors (Lipinski definition) is 0. The second kappa shape index (κ2) is 11.6. The fourth-order valence-electron chi connectivity index (χ4n) is 5.02. The number of unbranched alkanes of at least 4 members (excludes halogenated alkanes) is 1. The van der Waals surface area contributed by atoms with Crippen molar-refractivity contribution in [1.29, 1.82) is 0 Å². The summed E-state index contributed by atoms with van der Waals surface area (Å²) in [4.78, 5) is 31.3. The topological polar surface area (TPSA) is 54.8 Å². The van der Waals surface area contributed by atoms with E-state index < -0.39 is 0 Å². The Kier molecular flexibility index (Phi) is 7.96. The van der Waals surface area contributed by atoms with Crippen LogP contribution in [0.4, 0.5) is 5.69 Å². The highest BCUT2D eigenvalue weighted by atomic mass is 35.5. The summed E-state index contributed by atoms with van der Waals surface area (Å²) < 4.78 is 7.48. The van der Waals surface area contributed by atoms with Crippen molar-refractivity contribution in [2.45, 2.75) is 25.8 Å². The number of fused-ring (bicyclic) bond motifs is 3. The fourth-order valence-corrected chi connectivity index (χ4v) is 5.31. The summed E-state index contributed by atoms with van der Waals surface area (Å²) in [5.41, 5.74) is 3.99. The standard InChI is InChI=1S/C31H29Cl2N3O3/c1-3-4-17-34(31(38)22-13-16-24(32)25(33)19-22)20-29(37)36-27-9-6-5-8-26(27)35-18-7-10-28(35)30(36)21-11-14-23(39-2)15-12-21/h5-16,18-19,30H,3-4,17,20H2,1-2H3. The molecule has 1 aliphatic heterocycles. The number of benzene rings is 3. The Hall–Kier alpha value is -3.74. The van der Waals surface area contributed by atoms with Crippen molar-refractivity contribution in [3.63, 3.8) is 0 Å². The second-order valence-electron chi connectivity index (χ2n) is 9.44. The lowest BCUT2D eigenvalue weighted by Gasteiger charge is -2.39. The molecule has 4 aromatic rings. The van der Waals surface area contributed by atoms with Crippen LogP contribution in [0, 0.1) is 0 Å². The average molecular weight is 562 g/mol. The summed E-state index contributed by atoms with van der Waals surface area (Å²) in [6.07, 6.45) is 3.66. The maximum Gasteiger partial charge on any atom is 0.254 e. The predicted molar refractivity (Wildman–Crippen MR) is 155 cm³/mol. The van der Waals surface area contributed by atoms with E-state index in [4.69, 9.17) is 27.9 Å². The zero-order valence-electron chi connectivity index (χ0n) is 21.8. The van der Waals surface area contributed by atoms with Gasteiger partial charge in [0.2, 0.25) is 5.91 Å². The predicted octanol–water partition coefficient (Wildman–Crippen LogP) is 7.17. The molecule has 0 spiro atoms. The third-order valence-corrected chi connectivity index (χ3v) is 7.72. The van der Waals surface area contributed by atoms with E-state index in [-0.39, 0.29) is 24.4 Å². The summed E-state index contributed by atoms with van der Waals surface area (Å²) in [6.45, 7) is 2.42. The number of carbonyl (C=O) groups is 2. The molecule has 0 N–H and O–H groups in total. The van der Waals surface area contributed by atoms with Crippen molar-refractivity contribution in [2.75, 3.05) is 25.1 Å². The summed E-state index contributed by atoms with van der Waals surface area (Å²) in [7, 11) is 1.63. The Balaban J connectivity index is 1.55. The molecule has 6 nitrogen and oxygen atoms in total. The lowest BCUT2D eigenvalue weighted by molar-refractivity contribution is -0.119. The van der Waals surface area contributed by atoms with E-state index in [1.54, 1.807) is 30.2 Å². The van der Waals surface area contributed by atoms with Crippen LogP contribution >= 0.6 is 23.2 Å². The van der Waals surface area contributed by atoms with Gasteiger partial charge in [0, 0.05) is 18.3 Å². The fraction of sp³-hybridized carbons (Fsp3) is 0.226. The number of amides is 2. The van der Waals surface area contributed by atoms with Crippen LogP contribution in [0.1, 0.15) is 47.4 Å². The van der Waals surface area contributed by atoms with Gasteiger partial charge in [-0.2, -0.15) is 0 Å². The Morgan fingerprint density at radius 3 is 2.36 bits per heavy atom. The van der Waals surface area contributed by atoms with E-state index in [2.05, 4.69) is 11.5 Å². The molecular formula is C31H29Cl2N3O3. The monoisotopic (exact) mass is 561 g/mol. The number of para-hydroxylation sites is 2. The zero-order chi connectivity index (χ0) is 27.5. The smallest absolute Gasteiger partial charge is 0.254 e. The van der Waals surface area contributed by atoms with E-state index in [0.29, 0.717) is 22.2 Å². The normalized spacial score (nSPS) is 13.9. The van der Waals surface area contributed by atoms with Crippen LogP contribution in [0.15, 0.2) is 85.1 Å². The third kappa shape index (κ3) is 5.27. The van der Waals surface area contributed by atoms with Crippen molar-refractivity contribution in [1.82, 2.24) is 9.47 Å². The molecular weight excluding hydrogens is 533 g/mol. The molecule has 1 atom stereocenters. The molecule has 0 saturated heterocycles. The van der Waals surface area contributed by atoms with E-state index in [0.717, 1.165) is 41.2 Å². The first-order chi connectivity index (χ1) is 18.9. The molecule has 0 bridgehead atoms. The Morgan fingerprint density at radius 1 is 0.923 bits per heavy atom. The molecule has 2 amide bonds. The first-order valence-corrected chi connectivity index (χ1v) is 13.7. The van der Waals surface area contributed by atoms with Gasteiger partial charge < -0.3 is 14.2 Å². The number of aromatic nitrogens is 1. The van der Waals surface area contributed by atoms with Crippen molar-refractivity contribution in [3.05, 3.63) is 112 Å². The Morgan fingerprint density at radius 2 is 1.67 bits per heavy atom. The minimum absolute atomic E-state index is 0.0826. The molecule has 0 radical (unpaired) electrons. The second-order valence-corrected chi connectivity index (χ2v) is 10.3. The maximum absolute atomic E-state index is 14.3. The number of rotatable bonds is 8. The summed E-state index contributed by atoms with van der Waals surface area (Å²) in [5, 5.41) is 0.675. The number of carbonyl (C=O) groups excluding carboxylic acids is 2. The number of ether oxygens (including phenoxy) is 1. The van der Waals surface area contributed by atoms with Gasteiger partial charge in [0.25, 0.3) is 5.91 Å². The Bertz CT molecular complexity index is 1500. The van der Waals surface area contributed by atoms with Crippen LogP contribution in [0.25, 0.3) is 5.69 Å². The van der Waals surface area contributed by atoms with Gasteiger partial charge in [-0.1, -0.05) is 60.8 Å². The van der Waals surface area contributed by atoms with E-state index >= 15 is 0 Å². The highest BCUT2D eigenvalue weighted by molar-refractivity contribution is 6.42. The lowest BCUT2D eigenvalue weighted by atomic mass is 9.97. The van der Waals surface area contributed by atoms with Gasteiger partial charge in [0.05, 0.1) is 34.2 Å². The highest BCUT2D eigenvalue weighted by Crippen LogP contribution is 2.42. The maximum atomic E-state index is 14.3. The van der Waals surface area contributed by atoms with Crippen LogP contribution in [-0.4, -0.2) is 41.5 Å². The highest BCUT2D eigenvalue weighted by Gasteiger charge is 2.37. The molecule has 1 unspecified atom stereocenters. The van der Waals surface area contributed by atoms with Gasteiger partial charge in [-0.3, -0.25) is 14.5 Å². The van der Waals surface area contributed by atoms with Gasteiger partial charge in [-0.25, -0.2) is 0 Å². The quantitative estimate of drug-likeness (QED) is 0.229. The molecule has 39 heavy (non-hydrogen) atoms. The molecule has 0 saturated carbocycles. The van der Waals surface area contributed by atoms with Crippen molar-refractivity contribution in [2.24, 2.45) is 0 Å². The lowest BCUT2D eigenvalue weighted by Crippen LogP contribution is -2.47. The summed E-state index contributed by atoms with van der Waals surface area (Å²) >= 11 is 12.3.